The smallest absolute Gasteiger partial charge is 0.216 e. The van der Waals surface area contributed by atoms with E-state index in [1.165, 1.54) is 11.1 Å². The van der Waals surface area contributed by atoms with Gasteiger partial charge in [-0.25, -0.2) is 4.68 Å². The molecular weight excluding hydrogens is 266 g/mol. The average molecular weight is 289 g/mol. The highest BCUT2D eigenvalue weighted by Gasteiger charge is 2.13. The van der Waals surface area contributed by atoms with Gasteiger partial charge in [-0.1, -0.05) is 24.3 Å². The van der Waals surface area contributed by atoms with Gasteiger partial charge in [-0.3, -0.25) is 0 Å². The number of benzene rings is 1. The van der Waals surface area contributed by atoms with Crippen molar-refractivity contribution in [3.8, 4) is 5.88 Å². The van der Waals surface area contributed by atoms with E-state index >= 15 is 0 Å². The Balaban J connectivity index is 2.02. The lowest BCUT2D eigenvalue weighted by Crippen LogP contribution is -2.15. The Labute approximate surface area is 125 Å². The summed E-state index contributed by atoms with van der Waals surface area (Å²) in [6.45, 7) is 4.15. The van der Waals surface area contributed by atoms with Gasteiger partial charge in [0.2, 0.25) is 5.88 Å². The van der Waals surface area contributed by atoms with Gasteiger partial charge < -0.3 is 14.8 Å². The van der Waals surface area contributed by atoms with Gasteiger partial charge in [0.1, 0.15) is 0 Å². The number of hydrogen-bond acceptors (Lipinski definition) is 4. The van der Waals surface area contributed by atoms with E-state index in [1.807, 2.05) is 26.1 Å². The van der Waals surface area contributed by atoms with Gasteiger partial charge in [-0.2, -0.15) is 5.10 Å². The molecular formula is C16H23N3O2. The van der Waals surface area contributed by atoms with E-state index in [0.29, 0.717) is 6.61 Å². The molecule has 0 saturated carbocycles. The minimum absolute atomic E-state index is 0.632. The summed E-state index contributed by atoms with van der Waals surface area (Å²) in [4.78, 5) is 0. The quantitative estimate of drug-likeness (QED) is 0.848. The number of nitrogens with one attached hydrogen (secondary N) is 1. The maximum Gasteiger partial charge on any atom is 0.216 e. The second-order valence-electron chi connectivity index (χ2n) is 5.00. The van der Waals surface area contributed by atoms with Gasteiger partial charge in [0, 0.05) is 27.2 Å². The van der Waals surface area contributed by atoms with E-state index in [4.69, 9.17) is 9.47 Å². The molecule has 1 N–H and O–H groups in total. The molecule has 114 valence electrons. The number of aromatic nitrogens is 2. The highest BCUT2D eigenvalue weighted by atomic mass is 16.5. The SMILES string of the molecule is COCc1ccccc1CNCc1c(C)nn(C)c1OC. The summed E-state index contributed by atoms with van der Waals surface area (Å²) in [5.74, 6) is 0.810. The molecule has 0 amide bonds. The molecule has 0 atom stereocenters. The average Bonchev–Trinajstić information content (AvgIpc) is 2.75. The number of nitrogens with zero attached hydrogens (tertiary/aromatic N) is 2. The number of methoxy groups -OCH3 is 2. The van der Waals surface area contributed by atoms with Gasteiger partial charge in [0.15, 0.2) is 0 Å². The number of hydrogen-bond donors (Lipinski definition) is 1. The number of ether oxygens (including phenoxy) is 2. The third-order valence-corrected chi connectivity index (χ3v) is 3.52. The molecule has 1 aromatic heterocycles. The summed E-state index contributed by atoms with van der Waals surface area (Å²) in [6, 6.07) is 8.29. The molecule has 0 bridgehead atoms. The van der Waals surface area contributed by atoms with Crippen molar-refractivity contribution >= 4 is 0 Å². The zero-order chi connectivity index (χ0) is 15.2. The Morgan fingerprint density at radius 3 is 2.52 bits per heavy atom. The second kappa shape index (κ2) is 7.24. The van der Waals surface area contributed by atoms with Crippen LogP contribution in [0.2, 0.25) is 0 Å². The van der Waals surface area contributed by atoms with Crippen LogP contribution in [0.3, 0.4) is 0 Å². The minimum atomic E-state index is 0.632. The molecule has 0 fully saturated rings. The molecule has 5 heteroatoms. The predicted molar refractivity (Wildman–Crippen MR) is 82.2 cm³/mol. The molecule has 0 aliphatic heterocycles. The van der Waals surface area contributed by atoms with E-state index in [9.17, 15) is 0 Å². The molecule has 2 aromatic rings. The largest absolute Gasteiger partial charge is 0.481 e. The summed E-state index contributed by atoms with van der Waals surface area (Å²) < 4.78 is 12.4. The van der Waals surface area contributed by atoms with Crippen molar-refractivity contribution in [2.24, 2.45) is 7.05 Å². The maximum atomic E-state index is 5.40. The summed E-state index contributed by atoms with van der Waals surface area (Å²) in [6.07, 6.45) is 0. The number of rotatable bonds is 7. The second-order valence-corrected chi connectivity index (χ2v) is 5.00. The first kappa shape index (κ1) is 15.5. The topological polar surface area (TPSA) is 48.3 Å². The highest BCUT2D eigenvalue weighted by molar-refractivity contribution is 5.31. The summed E-state index contributed by atoms with van der Waals surface area (Å²) in [7, 11) is 5.28. The van der Waals surface area contributed by atoms with Crippen molar-refractivity contribution < 1.29 is 9.47 Å². The Bertz CT molecular complexity index is 593. The Kier molecular flexibility index (Phi) is 5.36. The van der Waals surface area contributed by atoms with Gasteiger partial charge in [-0.15, -0.1) is 0 Å². The lowest BCUT2D eigenvalue weighted by Gasteiger charge is -2.10. The van der Waals surface area contributed by atoms with Gasteiger partial charge in [0.25, 0.3) is 0 Å². The van der Waals surface area contributed by atoms with Crippen LogP contribution >= 0.6 is 0 Å². The predicted octanol–water partition coefficient (Wildman–Crippen LogP) is 2.17. The van der Waals surface area contributed by atoms with E-state index in [0.717, 1.165) is 30.2 Å². The fourth-order valence-corrected chi connectivity index (χ4v) is 2.49. The van der Waals surface area contributed by atoms with Crippen LogP contribution in [-0.2, 0) is 31.5 Å². The molecule has 1 aromatic carbocycles. The van der Waals surface area contributed by atoms with Crippen molar-refractivity contribution in [2.45, 2.75) is 26.6 Å². The molecule has 0 aliphatic carbocycles. The summed E-state index contributed by atoms with van der Waals surface area (Å²) >= 11 is 0. The molecule has 0 saturated heterocycles. The zero-order valence-corrected chi connectivity index (χ0v) is 13.1. The first-order valence-electron chi connectivity index (χ1n) is 7.00. The first-order valence-corrected chi connectivity index (χ1v) is 7.00. The third kappa shape index (κ3) is 3.62. The lowest BCUT2D eigenvalue weighted by molar-refractivity contribution is 0.184. The van der Waals surface area contributed by atoms with Crippen LogP contribution in [0.15, 0.2) is 24.3 Å². The van der Waals surface area contributed by atoms with E-state index in [2.05, 4.69) is 22.5 Å². The van der Waals surface area contributed by atoms with Crippen molar-refractivity contribution in [2.75, 3.05) is 14.2 Å². The third-order valence-electron chi connectivity index (χ3n) is 3.52. The normalized spacial score (nSPS) is 10.9. The van der Waals surface area contributed by atoms with Crippen LogP contribution in [0.1, 0.15) is 22.4 Å². The van der Waals surface area contributed by atoms with Crippen molar-refractivity contribution in [3.05, 3.63) is 46.6 Å². The lowest BCUT2D eigenvalue weighted by atomic mass is 10.1. The highest BCUT2D eigenvalue weighted by Crippen LogP contribution is 2.20. The summed E-state index contributed by atoms with van der Waals surface area (Å²) in [5, 5.41) is 7.84. The van der Waals surface area contributed by atoms with Crippen LogP contribution in [0.25, 0.3) is 0 Å². The van der Waals surface area contributed by atoms with E-state index in [1.54, 1.807) is 18.9 Å². The Morgan fingerprint density at radius 1 is 1.14 bits per heavy atom. The van der Waals surface area contributed by atoms with Crippen LogP contribution in [-0.4, -0.2) is 24.0 Å². The van der Waals surface area contributed by atoms with Crippen molar-refractivity contribution in [3.63, 3.8) is 0 Å². The van der Waals surface area contributed by atoms with E-state index < -0.39 is 0 Å². The van der Waals surface area contributed by atoms with Gasteiger partial charge in [0.05, 0.1) is 25.0 Å². The summed E-state index contributed by atoms with van der Waals surface area (Å²) in [5.41, 5.74) is 4.55. The minimum Gasteiger partial charge on any atom is -0.481 e. The molecule has 0 unspecified atom stereocenters. The van der Waals surface area contributed by atoms with Crippen LogP contribution in [0, 0.1) is 6.92 Å². The number of aryl methyl sites for hydroxylation is 2. The van der Waals surface area contributed by atoms with Crippen LogP contribution in [0.4, 0.5) is 0 Å². The Morgan fingerprint density at radius 2 is 1.86 bits per heavy atom. The van der Waals surface area contributed by atoms with Crippen molar-refractivity contribution in [1.29, 1.82) is 0 Å². The van der Waals surface area contributed by atoms with Crippen LogP contribution in [0.5, 0.6) is 5.88 Å². The van der Waals surface area contributed by atoms with Gasteiger partial charge in [-0.05, 0) is 18.1 Å². The fourth-order valence-electron chi connectivity index (χ4n) is 2.49. The standard InChI is InChI=1S/C16H23N3O2/c1-12-15(16(21-4)19(2)18-12)10-17-9-13-7-5-6-8-14(13)11-20-3/h5-8,17H,9-11H2,1-4H3. The maximum absolute atomic E-state index is 5.40. The molecule has 0 aliphatic rings. The molecule has 2 rings (SSSR count). The van der Waals surface area contributed by atoms with Gasteiger partial charge >= 0.3 is 0 Å². The van der Waals surface area contributed by atoms with Crippen molar-refractivity contribution in [1.82, 2.24) is 15.1 Å². The molecule has 0 radical (unpaired) electrons. The Hall–Kier alpha value is -1.85. The fraction of sp³-hybridized carbons (Fsp3) is 0.438. The molecule has 1 heterocycles. The van der Waals surface area contributed by atoms with Crippen LogP contribution < -0.4 is 10.1 Å². The zero-order valence-electron chi connectivity index (χ0n) is 13.1. The molecule has 5 nitrogen and oxygen atoms in total. The van der Waals surface area contributed by atoms with E-state index in [-0.39, 0.29) is 0 Å². The monoisotopic (exact) mass is 289 g/mol. The molecule has 21 heavy (non-hydrogen) atoms. The first-order chi connectivity index (χ1) is 10.2. The molecule has 0 spiro atoms.